The fourth-order valence-electron chi connectivity index (χ4n) is 2.78. The van der Waals surface area contributed by atoms with Crippen LogP contribution in [0, 0.1) is 5.92 Å². The van der Waals surface area contributed by atoms with Gasteiger partial charge >= 0.3 is 0 Å². The predicted octanol–water partition coefficient (Wildman–Crippen LogP) is 2.48. The van der Waals surface area contributed by atoms with Crippen molar-refractivity contribution >= 4 is 0 Å². The molecule has 1 aromatic heterocycles. The van der Waals surface area contributed by atoms with Gasteiger partial charge in [-0.25, -0.2) is 0 Å². The molecule has 0 bridgehead atoms. The van der Waals surface area contributed by atoms with E-state index in [-0.39, 0.29) is 0 Å². The molecule has 2 unspecified atom stereocenters. The summed E-state index contributed by atoms with van der Waals surface area (Å²) in [5, 5.41) is 7.90. The van der Waals surface area contributed by atoms with Crippen molar-refractivity contribution in [1.29, 1.82) is 0 Å². The van der Waals surface area contributed by atoms with Crippen molar-refractivity contribution in [2.45, 2.75) is 51.6 Å². The van der Waals surface area contributed by atoms with Crippen molar-refractivity contribution in [2.24, 2.45) is 13.0 Å². The van der Waals surface area contributed by atoms with Gasteiger partial charge in [0.25, 0.3) is 0 Å². The van der Waals surface area contributed by atoms with Crippen molar-refractivity contribution in [3.05, 3.63) is 18.0 Å². The van der Waals surface area contributed by atoms with Gasteiger partial charge in [0, 0.05) is 25.8 Å². The molecule has 1 heterocycles. The third-order valence-electron chi connectivity index (χ3n) is 3.90. The van der Waals surface area contributed by atoms with E-state index in [2.05, 4.69) is 23.4 Å². The van der Waals surface area contributed by atoms with Gasteiger partial charge in [-0.1, -0.05) is 26.2 Å². The van der Waals surface area contributed by atoms with Crippen LogP contribution in [-0.4, -0.2) is 15.8 Å². The molecule has 16 heavy (non-hydrogen) atoms. The first kappa shape index (κ1) is 11.6. The Hall–Kier alpha value is -0.830. The maximum Gasteiger partial charge on any atom is 0.0518 e. The molecular weight excluding hydrogens is 198 g/mol. The van der Waals surface area contributed by atoms with Crippen LogP contribution in [0.15, 0.2) is 12.3 Å². The minimum absolute atomic E-state index is 0.716. The quantitative estimate of drug-likeness (QED) is 0.846. The van der Waals surface area contributed by atoms with Crippen LogP contribution in [0.3, 0.4) is 0 Å². The van der Waals surface area contributed by atoms with Crippen molar-refractivity contribution in [2.75, 3.05) is 0 Å². The van der Waals surface area contributed by atoms with E-state index in [1.165, 1.54) is 37.8 Å². The average Bonchev–Trinajstić information content (AvgIpc) is 2.72. The van der Waals surface area contributed by atoms with E-state index in [0.717, 1.165) is 12.5 Å². The van der Waals surface area contributed by atoms with Gasteiger partial charge in [0.05, 0.1) is 5.69 Å². The smallest absolute Gasteiger partial charge is 0.0518 e. The molecule has 0 radical (unpaired) electrons. The lowest BCUT2D eigenvalue weighted by Gasteiger charge is -2.31. The molecule has 1 aliphatic carbocycles. The average molecular weight is 221 g/mol. The number of aromatic nitrogens is 2. The summed E-state index contributed by atoms with van der Waals surface area (Å²) in [7, 11) is 2.01. The maximum atomic E-state index is 4.20. The normalized spacial score (nSPS) is 25.9. The van der Waals surface area contributed by atoms with Gasteiger partial charge in [-0.3, -0.25) is 4.68 Å². The summed E-state index contributed by atoms with van der Waals surface area (Å²) in [5.74, 6) is 0.877. The van der Waals surface area contributed by atoms with Crippen LogP contribution in [0.5, 0.6) is 0 Å². The Labute approximate surface area is 98.2 Å². The number of nitrogens with one attached hydrogen (secondary N) is 1. The number of rotatable bonds is 4. The monoisotopic (exact) mass is 221 g/mol. The topological polar surface area (TPSA) is 29.9 Å². The minimum Gasteiger partial charge on any atom is -0.308 e. The second-order valence-electron chi connectivity index (χ2n) is 4.89. The minimum atomic E-state index is 0.716. The number of hydrogen-bond acceptors (Lipinski definition) is 2. The molecule has 90 valence electrons. The van der Waals surface area contributed by atoms with Crippen LogP contribution in [0.2, 0.25) is 0 Å². The predicted molar refractivity (Wildman–Crippen MR) is 66.1 cm³/mol. The molecule has 0 saturated heterocycles. The van der Waals surface area contributed by atoms with Crippen molar-refractivity contribution in [3.8, 4) is 0 Å². The van der Waals surface area contributed by atoms with Gasteiger partial charge in [0.2, 0.25) is 0 Å². The zero-order valence-electron chi connectivity index (χ0n) is 10.4. The Morgan fingerprint density at radius 1 is 1.44 bits per heavy atom. The molecule has 1 N–H and O–H groups in total. The first-order valence-corrected chi connectivity index (χ1v) is 6.51. The van der Waals surface area contributed by atoms with E-state index in [1.54, 1.807) is 0 Å². The molecule has 0 amide bonds. The molecule has 3 heteroatoms. The van der Waals surface area contributed by atoms with E-state index in [9.17, 15) is 0 Å². The van der Waals surface area contributed by atoms with Crippen molar-refractivity contribution < 1.29 is 0 Å². The SMILES string of the molecule is CCC1CCCCC1NCc1ccnn1C. The Morgan fingerprint density at radius 2 is 2.25 bits per heavy atom. The fraction of sp³-hybridized carbons (Fsp3) is 0.769. The van der Waals surface area contributed by atoms with Gasteiger partial charge < -0.3 is 5.32 Å². The van der Waals surface area contributed by atoms with E-state index in [1.807, 2.05) is 17.9 Å². The van der Waals surface area contributed by atoms with E-state index >= 15 is 0 Å². The second-order valence-corrected chi connectivity index (χ2v) is 4.89. The number of aryl methyl sites for hydroxylation is 1. The highest BCUT2D eigenvalue weighted by Crippen LogP contribution is 2.26. The second kappa shape index (κ2) is 5.48. The molecule has 2 rings (SSSR count). The molecule has 1 aliphatic rings. The highest BCUT2D eigenvalue weighted by atomic mass is 15.3. The molecule has 0 aromatic carbocycles. The summed E-state index contributed by atoms with van der Waals surface area (Å²) >= 11 is 0. The maximum absolute atomic E-state index is 4.20. The van der Waals surface area contributed by atoms with Crippen LogP contribution in [0.1, 0.15) is 44.7 Å². The van der Waals surface area contributed by atoms with Crippen LogP contribution in [-0.2, 0) is 13.6 Å². The number of hydrogen-bond donors (Lipinski definition) is 1. The van der Waals surface area contributed by atoms with Crippen molar-refractivity contribution in [1.82, 2.24) is 15.1 Å². The van der Waals surface area contributed by atoms with Crippen LogP contribution in [0.4, 0.5) is 0 Å². The van der Waals surface area contributed by atoms with Gasteiger partial charge in [0.15, 0.2) is 0 Å². The Morgan fingerprint density at radius 3 is 2.94 bits per heavy atom. The third-order valence-corrected chi connectivity index (χ3v) is 3.90. The first-order chi connectivity index (χ1) is 7.81. The molecule has 1 aromatic rings. The van der Waals surface area contributed by atoms with Crippen LogP contribution >= 0.6 is 0 Å². The van der Waals surface area contributed by atoms with E-state index in [4.69, 9.17) is 0 Å². The lowest BCUT2D eigenvalue weighted by Crippen LogP contribution is -2.38. The molecule has 3 nitrogen and oxygen atoms in total. The highest BCUT2D eigenvalue weighted by molar-refractivity contribution is 5.00. The Kier molecular flexibility index (Phi) is 3.99. The summed E-state index contributed by atoms with van der Waals surface area (Å²) in [5.41, 5.74) is 1.28. The molecule has 1 fully saturated rings. The summed E-state index contributed by atoms with van der Waals surface area (Å²) < 4.78 is 1.96. The Balaban J connectivity index is 1.86. The zero-order valence-corrected chi connectivity index (χ0v) is 10.4. The standard InChI is InChI=1S/C13H23N3/c1-3-11-6-4-5-7-13(11)14-10-12-8-9-15-16(12)2/h8-9,11,13-14H,3-7,10H2,1-2H3. The molecule has 2 atom stereocenters. The molecular formula is C13H23N3. The molecule has 1 saturated carbocycles. The molecule has 0 aliphatic heterocycles. The summed E-state index contributed by atoms with van der Waals surface area (Å²) in [6.45, 7) is 3.27. The highest BCUT2D eigenvalue weighted by Gasteiger charge is 2.22. The number of nitrogens with zero attached hydrogens (tertiary/aromatic N) is 2. The lowest BCUT2D eigenvalue weighted by atomic mass is 9.83. The van der Waals surface area contributed by atoms with Crippen LogP contribution in [0.25, 0.3) is 0 Å². The van der Waals surface area contributed by atoms with E-state index < -0.39 is 0 Å². The van der Waals surface area contributed by atoms with Gasteiger partial charge in [0.1, 0.15) is 0 Å². The lowest BCUT2D eigenvalue weighted by molar-refractivity contribution is 0.253. The van der Waals surface area contributed by atoms with Crippen LogP contribution < -0.4 is 5.32 Å². The Bertz CT molecular complexity index is 319. The van der Waals surface area contributed by atoms with E-state index in [0.29, 0.717) is 6.04 Å². The van der Waals surface area contributed by atoms with Gasteiger partial charge in [-0.2, -0.15) is 5.10 Å². The van der Waals surface area contributed by atoms with Gasteiger partial charge in [-0.05, 0) is 24.8 Å². The fourth-order valence-corrected chi connectivity index (χ4v) is 2.78. The summed E-state index contributed by atoms with van der Waals surface area (Å²) in [6.07, 6.45) is 8.73. The van der Waals surface area contributed by atoms with Crippen molar-refractivity contribution in [3.63, 3.8) is 0 Å². The van der Waals surface area contributed by atoms with Gasteiger partial charge in [-0.15, -0.1) is 0 Å². The largest absolute Gasteiger partial charge is 0.308 e. The summed E-state index contributed by atoms with van der Waals surface area (Å²) in [4.78, 5) is 0. The molecule has 0 spiro atoms. The third kappa shape index (κ3) is 2.64. The first-order valence-electron chi connectivity index (χ1n) is 6.51. The zero-order chi connectivity index (χ0) is 11.4. The summed E-state index contributed by atoms with van der Waals surface area (Å²) in [6, 6.07) is 2.81.